The van der Waals surface area contributed by atoms with Crippen molar-refractivity contribution in [3.8, 4) is 0 Å². The zero-order valence-electron chi connectivity index (χ0n) is 9.98. The number of hydrogen-bond acceptors (Lipinski definition) is 3. The van der Waals surface area contributed by atoms with Crippen LogP contribution in [0.3, 0.4) is 0 Å². The van der Waals surface area contributed by atoms with Crippen molar-refractivity contribution in [1.29, 1.82) is 0 Å². The minimum Gasteiger partial charge on any atom is -0.267 e. The summed E-state index contributed by atoms with van der Waals surface area (Å²) in [6.07, 6.45) is 2.86. The number of halogens is 3. The van der Waals surface area contributed by atoms with Crippen LogP contribution in [-0.2, 0) is 0 Å². The Kier molecular flexibility index (Phi) is 4.95. The van der Waals surface area contributed by atoms with Crippen LogP contribution in [0.2, 0.25) is 15.2 Å². The van der Waals surface area contributed by atoms with Crippen molar-refractivity contribution in [3.63, 3.8) is 0 Å². The average molecular weight is 329 g/mol. The first-order chi connectivity index (χ1) is 9.59. The van der Waals surface area contributed by atoms with Gasteiger partial charge in [0.05, 0.1) is 21.8 Å². The zero-order valence-corrected chi connectivity index (χ0v) is 12.2. The number of aromatic nitrogens is 1. The summed E-state index contributed by atoms with van der Waals surface area (Å²) in [6, 6.07) is 8.22. The Hall–Kier alpha value is -1.62. The Morgan fingerprint density at radius 3 is 2.50 bits per heavy atom. The maximum Gasteiger partial charge on any atom is 0.274 e. The lowest BCUT2D eigenvalue weighted by molar-refractivity contribution is 0.0955. The molecule has 1 heterocycles. The molecule has 1 aromatic carbocycles. The van der Waals surface area contributed by atoms with Crippen LogP contribution in [0.5, 0.6) is 0 Å². The van der Waals surface area contributed by atoms with E-state index in [1.807, 2.05) is 0 Å². The number of carbonyl (C=O) groups excluding carboxylic acids is 1. The van der Waals surface area contributed by atoms with Gasteiger partial charge in [0.25, 0.3) is 5.91 Å². The molecule has 0 saturated carbocycles. The smallest absolute Gasteiger partial charge is 0.267 e. The predicted octanol–water partition coefficient (Wildman–Crippen LogP) is 3.81. The molecule has 0 radical (unpaired) electrons. The van der Waals surface area contributed by atoms with Crippen LogP contribution in [0.15, 0.2) is 41.6 Å². The first-order valence-electron chi connectivity index (χ1n) is 5.47. The van der Waals surface area contributed by atoms with Crippen molar-refractivity contribution in [1.82, 2.24) is 10.4 Å². The van der Waals surface area contributed by atoms with Crippen LogP contribution in [0.4, 0.5) is 0 Å². The number of carbonyl (C=O) groups is 1. The Labute approximate surface area is 130 Å². The van der Waals surface area contributed by atoms with Gasteiger partial charge in [-0.05, 0) is 24.3 Å². The molecule has 0 aliphatic heterocycles. The van der Waals surface area contributed by atoms with Crippen LogP contribution in [0.25, 0.3) is 0 Å². The fourth-order valence-electron chi connectivity index (χ4n) is 1.41. The van der Waals surface area contributed by atoms with E-state index in [1.165, 1.54) is 12.4 Å². The van der Waals surface area contributed by atoms with Crippen molar-refractivity contribution >= 4 is 46.9 Å². The molecule has 102 valence electrons. The molecular weight excluding hydrogens is 321 g/mol. The lowest BCUT2D eigenvalue weighted by atomic mass is 10.2. The largest absolute Gasteiger partial charge is 0.274 e. The molecule has 0 bridgehead atoms. The van der Waals surface area contributed by atoms with E-state index in [1.54, 1.807) is 30.3 Å². The molecule has 0 spiro atoms. The number of amides is 1. The maximum absolute atomic E-state index is 11.8. The highest BCUT2D eigenvalue weighted by molar-refractivity contribution is 6.38. The van der Waals surface area contributed by atoms with Crippen LogP contribution in [0.1, 0.15) is 15.9 Å². The summed E-state index contributed by atoms with van der Waals surface area (Å²) in [5.74, 6) is -0.470. The highest BCUT2D eigenvalue weighted by Crippen LogP contribution is 2.22. The minimum atomic E-state index is -0.470. The van der Waals surface area contributed by atoms with E-state index in [-0.39, 0.29) is 10.7 Å². The molecule has 0 atom stereocenters. The monoisotopic (exact) mass is 327 g/mol. The normalized spacial score (nSPS) is 10.8. The topological polar surface area (TPSA) is 54.4 Å². The molecule has 0 aliphatic rings. The molecule has 20 heavy (non-hydrogen) atoms. The second-order valence-electron chi connectivity index (χ2n) is 3.68. The van der Waals surface area contributed by atoms with E-state index in [9.17, 15) is 4.79 Å². The number of hydrogen-bond donors (Lipinski definition) is 1. The summed E-state index contributed by atoms with van der Waals surface area (Å²) in [6.45, 7) is 0. The fraction of sp³-hybridized carbons (Fsp3) is 0. The van der Waals surface area contributed by atoms with E-state index in [4.69, 9.17) is 34.8 Å². The maximum atomic E-state index is 11.8. The van der Waals surface area contributed by atoms with Crippen molar-refractivity contribution in [2.24, 2.45) is 5.10 Å². The molecule has 4 nitrogen and oxygen atoms in total. The third-order valence-electron chi connectivity index (χ3n) is 2.36. The molecular formula is C13H8Cl3N3O. The van der Waals surface area contributed by atoms with Gasteiger partial charge in [0.1, 0.15) is 5.15 Å². The van der Waals surface area contributed by atoms with Gasteiger partial charge in [0.2, 0.25) is 0 Å². The van der Waals surface area contributed by atoms with E-state index in [0.717, 1.165) is 0 Å². The van der Waals surface area contributed by atoms with Crippen molar-refractivity contribution in [2.75, 3.05) is 0 Å². The Morgan fingerprint density at radius 1 is 1.15 bits per heavy atom. The lowest BCUT2D eigenvalue weighted by Gasteiger charge is -2.02. The molecule has 2 aromatic rings. The third-order valence-corrected chi connectivity index (χ3v) is 3.32. The summed E-state index contributed by atoms with van der Waals surface area (Å²) < 4.78 is 0. The van der Waals surface area contributed by atoms with E-state index in [2.05, 4.69) is 15.5 Å². The van der Waals surface area contributed by atoms with Gasteiger partial charge in [-0.2, -0.15) is 5.10 Å². The number of rotatable bonds is 3. The van der Waals surface area contributed by atoms with Gasteiger partial charge in [-0.3, -0.25) is 4.79 Å². The van der Waals surface area contributed by atoms with Gasteiger partial charge in [0.15, 0.2) is 0 Å². The van der Waals surface area contributed by atoms with Gasteiger partial charge in [-0.25, -0.2) is 10.4 Å². The number of nitrogens with one attached hydrogen (secondary N) is 1. The standard InChI is InChI=1S/C13H8Cl3N3O/c14-10-4-1-5-11(15)9(10)7-18-19-13(20)8-3-2-6-17-12(8)16/h1-7H,(H,19,20)/b18-7+. The molecule has 0 unspecified atom stereocenters. The molecule has 1 amide bonds. The van der Waals surface area contributed by atoms with E-state index < -0.39 is 5.91 Å². The van der Waals surface area contributed by atoms with Gasteiger partial charge >= 0.3 is 0 Å². The predicted molar refractivity (Wildman–Crippen MR) is 80.8 cm³/mol. The molecule has 0 aliphatic carbocycles. The van der Waals surface area contributed by atoms with Crippen LogP contribution in [0, 0.1) is 0 Å². The summed E-state index contributed by atoms with van der Waals surface area (Å²) in [7, 11) is 0. The lowest BCUT2D eigenvalue weighted by Crippen LogP contribution is -2.18. The molecule has 7 heteroatoms. The number of benzene rings is 1. The minimum absolute atomic E-state index is 0.107. The zero-order chi connectivity index (χ0) is 14.5. The summed E-state index contributed by atoms with van der Waals surface area (Å²) in [5, 5.41) is 4.79. The SMILES string of the molecule is O=C(N/N=C/c1c(Cl)cccc1Cl)c1cccnc1Cl. The molecule has 1 N–H and O–H groups in total. The number of pyridine rings is 1. The highest BCUT2D eigenvalue weighted by atomic mass is 35.5. The van der Waals surface area contributed by atoms with Gasteiger partial charge in [0, 0.05) is 11.8 Å². The Balaban J connectivity index is 2.11. The average Bonchev–Trinajstić information content (AvgIpc) is 2.42. The number of hydrazone groups is 1. The summed E-state index contributed by atoms with van der Waals surface area (Å²) in [4.78, 5) is 15.6. The summed E-state index contributed by atoms with van der Waals surface area (Å²) in [5.41, 5.74) is 3.09. The van der Waals surface area contributed by atoms with E-state index >= 15 is 0 Å². The summed E-state index contributed by atoms with van der Waals surface area (Å²) >= 11 is 17.7. The Morgan fingerprint density at radius 2 is 1.85 bits per heavy atom. The van der Waals surface area contributed by atoms with E-state index in [0.29, 0.717) is 15.6 Å². The van der Waals surface area contributed by atoms with Crippen molar-refractivity contribution in [2.45, 2.75) is 0 Å². The van der Waals surface area contributed by atoms with Gasteiger partial charge in [-0.1, -0.05) is 40.9 Å². The molecule has 2 rings (SSSR count). The van der Waals surface area contributed by atoms with Gasteiger partial charge in [-0.15, -0.1) is 0 Å². The molecule has 0 fully saturated rings. The van der Waals surface area contributed by atoms with Gasteiger partial charge < -0.3 is 0 Å². The van der Waals surface area contributed by atoms with Crippen molar-refractivity contribution < 1.29 is 4.79 Å². The first kappa shape index (κ1) is 14.8. The van der Waals surface area contributed by atoms with Crippen LogP contribution < -0.4 is 5.43 Å². The highest BCUT2D eigenvalue weighted by Gasteiger charge is 2.09. The Bertz CT molecular complexity index is 653. The second kappa shape index (κ2) is 6.70. The number of nitrogens with zero attached hydrogens (tertiary/aromatic N) is 2. The quantitative estimate of drug-likeness (QED) is 0.529. The first-order valence-corrected chi connectivity index (χ1v) is 6.61. The third kappa shape index (κ3) is 3.48. The molecule has 1 aromatic heterocycles. The van der Waals surface area contributed by atoms with Crippen LogP contribution >= 0.6 is 34.8 Å². The van der Waals surface area contributed by atoms with Crippen molar-refractivity contribution in [3.05, 3.63) is 62.9 Å². The fourth-order valence-corrected chi connectivity index (χ4v) is 2.11. The van der Waals surface area contributed by atoms with Crippen LogP contribution in [-0.4, -0.2) is 17.1 Å². The second-order valence-corrected chi connectivity index (χ2v) is 4.85. The molecule has 0 saturated heterocycles.